The van der Waals surface area contributed by atoms with Gasteiger partial charge in [0.25, 0.3) is 0 Å². The van der Waals surface area contributed by atoms with Gasteiger partial charge in [-0.05, 0) is 36.8 Å². The summed E-state index contributed by atoms with van der Waals surface area (Å²) in [5, 5.41) is 0. The molecular formula is C13H12FNOS. The normalized spacial score (nSPS) is 10.5. The molecule has 17 heavy (non-hydrogen) atoms. The standard InChI is InChI=1S/C13H12FNOS/c1-2-9-4-6-12(17-9)13(16)10-7-8(15)3-5-11(10)14/h3-7H,2,15H2,1H3. The minimum Gasteiger partial charge on any atom is -0.399 e. The number of nitrogen functional groups attached to an aromatic ring is 1. The number of halogens is 1. The molecule has 0 saturated heterocycles. The smallest absolute Gasteiger partial charge is 0.205 e. The Kier molecular flexibility index (Phi) is 3.24. The first-order valence-electron chi connectivity index (χ1n) is 5.30. The molecule has 1 aromatic carbocycles. The summed E-state index contributed by atoms with van der Waals surface area (Å²) in [6.07, 6.45) is 0.872. The number of nitrogens with two attached hydrogens (primary N) is 1. The van der Waals surface area contributed by atoms with Crippen LogP contribution in [0.2, 0.25) is 0 Å². The number of aryl methyl sites for hydroxylation is 1. The van der Waals surface area contributed by atoms with Crippen LogP contribution in [0.15, 0.2) is 30.3 Å². The van der Waals surface area contributed by atoms with Crippen LogP contribution >= 0.6 is 11.3 Å². The summed E-state index contributed by atoms with van der Waals surface area (Å²) >= 11 is 1.39. The van der Waals surface area contributed by atoms with Crippen molar-refractivity contribution in [3.05, 3.63) is 51.5 Å². The van der Waals surface area contributed by atoms with Crippen LogP contribution in [0.25, 0.3) is 0 Å². The zero-order valence-electron chi connectivity index (χ0n) is 9.37. The number of benzene rings is 1. The van der Waals surface area contributed by atoms with Crippen LogP contribution in [-0.4, -0.2) is 5.78 Å². The number of hydrogen-bond donors (Lipinski definition) is 1. The van der Waals surface area contributed by atoms with Crippen molar-refractivity contribution in [2.45, 2.75) is 13.3 Å². The molecule has 0 aliphatic heterocycles. The number of thiophene rings is 1. The van der Waals surface area contributed by atoms with E-state index in [0.717, 1.165) is 11.3 Å². The van der Waals surface area contributed by atoms with Gasteiger partial charge in [0.1, 0.15) is 5.82 Å². The molecular weight excluding hydrogens is 237 g/mol. The number of rotatable bonds is 3. The lowest BCUT2D eigenvalue weighted by Gasteiger charge is -2.01. The molecule has 2 N–H and O–H groups in total. The van der Waals surface area contributed by atoms with Gasteiger partial charge < -0.3 is 5.73 Å². The molecule has 4 heteroatoms. The van der Waals surface area contributed by atoms with Crippen LogP contribution in [0.4, 0.5) is 10.1 Å². The predicted octanol–water partition coefficient (Wildman–Crippen LogP) is 3.26. The lowest BCUT2D eigenvalue weighted by atomic mass is 10.1. The highest BCUT2D eigenvalue weighted by Gasteiger charge is 2.16. The minimum atomic E-state index is -0.532. The van der Waals surface area contributed by atoms with E-state index in [4.69, 9.17) is 5.73 Å². The molecule has 0 amide bonds. The fraction of sp³-hybridized carbons (Fsp3) is 0.154. The fourth-order valence-electron chi connectivity index (χ4n) is 1.54. The molecule has 2 rings (SSSR count). The van der Waals surface area contributed by atoms with Gasteiger partial charge in [0, 0.05) is 10.6 Å². The Bertz CT molecular complexity index is 562. The van der Waals surface area contributed by atoms with Gasteiger partial charge in [-0.2, -0.15) is 0 Å². The first-order chi connectivity index (χ1) is 8.11. The topological polar surface area (TPSA) is 43.1 Å². The molecule has 0 saturated carbocycles. The highest BCUT2D eigenvalue weighted by molar-refractivity contribution is 7.14. The Balaban J connectivity index is 2.39. The molecule has 0 fully saturated rings. The SMILES string of the molecule is CCc1ccc(C(=O)c2cc(N)ccc2F)s1. The van der Waals surface area contributed by atoms with Gasteiger partial charge in [0.05, 0.1) is 10.4 Å². The number of hydrogen-bond acceptors (Lipinski definition) is 3. The second-order valence-corrected chi connectivity index (χ2v) is 4.86. The molecule has 88 valence electrons. The van der Waals surface area contributed by atoms with E-state index in [0.29, 0.717) is 10.6 Å². The third-order valence-electron chi connectivity index (χ3n) is 2.47. The average Bonchev–Trinajstić information content (AvgIpc) is 2.80. The summed E-state index contributed by atoms with van der Waals surface area (Å²) in [6, 6.07) is 7.66. The van der Waals surface area contributed by atoms with E-state index in [-0.39, 0.29) is 11.3 Å². The molecule has 0 atom stereocenters. The first-order valence-corrected chi connectivity index (χ1v) is 6.12. The summed E-state index contributed by atoms with van der Waals surface area (Å²) in [7, 11) is 0. The van der Waals surface area contributed by atoms with Crippen molar-refractivity contribution in [1.82, 2.24) is 0 Å². The number of ketones is 1. The van der Waals surface area contributed by atoms with Crippen LogP contribution in [0, 0.1) is 5.82 Å². The fourth-order valence-corrected chi connectivity index (χ4v) is 2.44. The maximum Gasteiger partial charge on any atom is 0.205 e. The summed E-state index contributed by atoms with van der Waals surface area (Å²) in [5.41, 5.74) is 5.99. The molecule has 0 aliphatic carbocycles. The second kappa shape index (κ2) is 4.67. The molecule has 2 aromatic rings. The van der Waals surface area contributed by atoms with Gasteiger partial charge in [-0.25, -0.2) is 4.39 Å². The highest BCUT2D eigenvalue weighted by atomic mass is 32.1. The zero-order chi connectivity index (χ0) is 12.4. The average molecular weight is 249 g/mol. The van der Waals surface area contributed by atoms with Crippen molar-refractivity contribution >= 4 is 22.8 Å². The van der Waals surface area contributed by atoms with Crippen molar-refractivity contribution in [2.75, 3.05) is 5.73 Å². The number of carbonyl (C=O) groups is 1. The third-order valence-corrected chi connectivity index (χ3v) is 3.70. The van der Waals surface area contributed by atoms with Gasteiger partial charge in [0.15, 0.2) is 0 Å². The quantitative estimate of drug-likeness (QED) is 0.670. The van der Waals surface area contributed by atoms with Crippen molar-refractivity contribution in [3.63, 3.8) is 0 Å². The maximum atomic E-state index is 13.5. The molecule has 2 nitrogen and oxygen atoms in total. The zero-order valence-corrected chi connectivity index (χ0v) is 10.2. The second-order valence-electron chi connectivity index (χ2n) is 3.69. The van der Waals surface area contributed by atoms with E-state index in [2.05, 4.69) is 0 Å². The molecule has 0 bridgehead atoms. The van der Waals surface area contributed by atoms with E-state index < -0.39 is 5.82 Å². The lowest BCUT2D eigenvalue weighted by Crippen LogP contribution is -2.03. The van der Waals surface area contributed by atoms with Gasteiger partial charge in [-0.3, -0.25) is 4.79 Å². The first kappa shape index (κ1) is 11.8. The Morgan fingerprint density at radius 1 is 1.35 bits per heavy atom. The molecule has 0 spiro atoms. The predicted molar refractivity (Wildman–Crippen MR) is 67.9 cm³/mol. The Morgan fingerprint density at radius 3 is 2.76 bits per heavy atom. The largest absolute Gasteiger partial charge is 0.399 e. The van der Waals surface area contributed by atoms with Crippen LogP contribution in [-0.2, 0) is 6.42 Å². The minimum absolute atomic E-state index is 0.0366. The van der Waals surface area contributed by atoms with Gasteiger partial charge in [-0.15, -0.1) is 11.3 Å². The van der Waals surface area contributed by atoms with Crippen LogP contribution < -0.4 is 5.73 Å². The van der Waals surface area contributed by atoms with Gasteiger partial charge >= 0.3 is 0 Å². The molecule has 1 aromatic heterocycles. The van der Waals surface area contributed by atoms with Crippen molar-refractivity contribution < 1.29 is 9.18 Å². The summed E-state index contributed by atoms with van der Waals surface area (Å²) in [6.45, 7) is 2.02. The molecule has 1 heterocycles. The van der Waals surface area contributed by atoms with E-state index in [1.165, 1.54) is 29.5 Å². The maximum absolute atomic E-state index is 13.5. The number of anilines is 1. The summed E-state index contributed by atoms with van der Waals surface area (Å²) < 4.78 is 13.5. The molecule has 0 aliphatic rings. The molecule has 0 unspecified atom stereocenters. The van der Waals surface area contributed by atoms with E-state index in [1.54, 1.807) is 6.07 Å². The van der Waals surface area contributed by atoms with Crippen LogP contribution in [0.5, 0.6) is 0 Å². The summed E-state index contributed by atoms with van der Waals surface area (Å²) in [5.74, 6) is -0.838. The van der Waals surface area contributed by atoms with Crippen molar-refractivity contribution in [2.24, 2.45) is 0 Å². The molecule has 0 radical (unpaired) electrons. The van der Waals surface area contributed by atoms with Crippen molar-refractivity contribution in [1.29, 1.82) is 0 Å². The monoisotopic (exact) mass is 249 g/mol. The van der Waals surface area contributed by atoms with E-state index in [1.807, 2.05) is 13.0 Å². The van der Waals surface area contributed by atoms with Gasteiger partial charge in [-0.1, -0.05) is 6.92 Å². The summed E-state index contributed by atoms with van der Waals surface area (Å²) in [4.78, 5) is 13.7. The van der Waals surface area contributed by atoms with Gasteiger partial charge in [0.2, 0.25) is 5.78 Å². The van der Waals surface area contributed by atoms with Crippen LogP contribution in [0.3, 0.4) is 0 Å². The van der Waals surface area contributed by atoms with E-state index >= 15 is 0 Å². The highest BCUT2D eigenvalue weighted by Crippen LogP contribution is 2.22. The third kappa shape index (κ3) is 2.36. The Morgan fingerprint density at radius 2 is 2.12 bits per heavy atom. The Hall–Kier alpha value is -1.68. The van der Waals surface area contributed by atoms with Crippen molar-refractivity contribution in [3.8, 4) is 0 Å². The lowest BCUT2D eigenvalue weighted by molar-refractivity contribution is 0.103. The van der Waals surface area contributed by atoms with E-state index in [9.17, 15) is 9.18 Å². The Labute approximate surface area is 103 Å². The van der Waals surface area contributed by atoms with Crippen LogP contribution in [0.1, 0.15) is 27.0 Å². The number of carbonyl (C=O) groups excluding carboxylic acids is 1.